The predicted octanol–water partition coefficient (Wildman–Crippen LogP) is 6.09. The van der Waals surface area contributed by atoms with Crippen molar-refractivity contribution in [1.29, 1.82) is 0 Å². The molecule has 0 saturated heterocycles. The summed E-state index contributed by atoms with van der Waals surface area (Å²) in [5, 5.41) is 0. The molecule has 4 rings (SSSR count). The Labute approximate surface area is 154 Å². The second kappa shape index (κ2) is 6.93. The van der Waals surface area contributed by atoms with Crippen LogP contribution in [-0.4, -0.2) is 9.97 Å². The van der Waals surface area contributed by atoms with Gasteiger partial charge in [-0.15, -0.1) is 0 Å². The van der Waals surface area contributed by atoms with Crippen molar-refractivity contribution in [2.75, 3.05) is 0 Å². The monoisotopic (exact) mass is 336 g/mol. The summed E-state index contributed by atoms with van der Waals surface area (Å²) < 4.78 is 0. The molecular formula is C24H20N2. The number of benzene rings is 2. The van der Waals surface area contributed by atoms with Gasteiger partial charge in [-0.1, -0.05) is 59.7 Å². The van der Waals surface area contributed by atoms with Crippen molar-refractivity contribution < 1.29 is 0 Å². The fourth-order valence-corrected chi connectivity index (χ4v) is 3.25. The molecule has 0 saturated carbocycles. The number of nitrogens with zero attached hydrogens (tertiary/aromatic N) is 2. The quantitative estimate of drug-likeness (QED) is 0.452. The molecule has 2 aromatic heterocycles. The third-order valence-electron chi connectivity index (χ3n) is 4.49. The van der Waals surface area contributed by atoms with Gasteiger partial charge in [0, 0.05) is 29.7 Å². The van der Waals surface area contributed by atoms with Crippen LogP contribution in [0.4, 0.5) is 0 Å². The standard InChI is InChI=1S/C24H20N2/c1-17-12-18(2)14-23(13-17)20-7-5-19(6-8-20)21-9-10-24(26-16-21)22-4-3-11-25-15-22/h3-16H,1-2H3. The summed E-state index contributed by atoms with van der Waals surface area (Å²) in [6.07, 6.45) is 5.53. The van der Waals surface area contributed by atoms with Gasteiger partial charge in [-0.05, 0) is 48.7 Å². The Morgan fingerprint density at radius 1 is 0.577 bits per heavy atom. The van der Waals surface area contributed by atoms with Crippen LogP contribution in [0.3, 0.4) is 0 Å². The van der Waals surface area contributed by atoms with Crippen LogP contribution in [0.5, 0.6) is 0 Å². The Bertz CT molecular complexity index is 998. The van der Waals surface area contributed by atoms with Crippen LogP contribution >= 0.6 is 0 Å². The second-order valence-corrected chi connectivity index (χ2v) is 6.63. The van der Waals surface area contributed by atoms with E-state index in [0.29, 0.717) is 0 Å². The van der Waals surface area contributed by atoms with E-state index >= 15 is 0 Å². The maximum Gasteiger partial charge on any atom is 0.0717 e. The highest BCUT2D eigenvalue weighted by molar-refractivity contribution is 5.71. The zero-order valence-corrected chi connectivity index (χ0v) is 15.0. The van der Waals surface area contributed by atoms with Crippen LogP contribution in [0.2, 0.25) is 0 Å². The third-order valence-corrected chi connectivity index (χ3v) is 4.49. The minimum atomic E-state index is 0.939. The van der Waals surface area contributed by atoms with Gasteiger partial charge in [0.25, 0.3) is 0 Å². The molecule has 0 bridgehead atoms. The van der Waals surface area contributed by atoms with Crippen molar-refractivity contribution >= 4 is 0 Å². The van der Waals surface area contributed by atoms with Gasteiger partial charge in [0.2, 0.25) is 0 Å². The highest BCUT2D eigenvalue weighted by atomic mass is 14.7. The molecular weight excluding hydrogens is 316 g/mol. The molecule has 0 aliphatic carbocycles. The van der Waals surface area contributed by atoms with E-state index in [4.69, 9.17) is 0 Å². The molecule has 126 valence electrons. The van der Waals surface area contributed by atoms with E-state index < -0.39 is 0 Å². The van der Waals surface area contributed by atoms with Crippen molar-refractivity contribution in [2.45, 2.75) is 13.8 Å². The molecule has 0 aliphatic heterocycles. The molecule has 26 heavy (non-hydrogen) atoms. The van der Waals surface area contributed by atoms with Crippen LogP contribution in [-0.2, 0) is 0 Å². The van der Waals surface area contributed by atoms with E-state index in [2.05, 4.69) is 72.3 Å². The van der Waals surface area contributed by atoms with Gasteiger partial charge in [-0.2, -0.15) is 0 Å². The largest absolute Gasteiger partial charge is 0.264 e. The zero-order chi connectivity index (χ0) is 17.9. The first kappa shape index (κ1) is 16.2. The SMILES string of the molecule is Cc1cc(C)cc(-c2ccc(-c3ccc(-c4cccnc4)nc3)cc2)c1. The summed E-state index contributed by atoms with van der Waals surface area (Å²) in [5.41, 5.74) is 9.34. The molecule has 0 radical (unpaired) electrons. The first-order valence-electron chi connectivity index (χ1n) is 8.74. The predicted molar refractivity (Wildman–Crippen MR) is 108 cm³/mol. The minimum Gasteiger partial charge on any atom is -0.264 e. The normalized spacial score (nSPS) is 10.7. The van der Waals surface area contributed by atoms with Gasteiger partial charge in [-0.3, -0.25) is 9.97 Å². The van der Waals surface area contributed by atoms with Crippen molar-refractivity contribution in [1.82, 2.24) is 9.97 Å². The number of hydrogen-bond donors (Lipinski definition) is 0. The lowest BCUT2D eigenvalue weighted by atomic mass is 9.98. The van der Waals surface area contributed by atoms with E-state index in [1.165, 1.54) is 27.8 Å². The van der Waals surface area contributed by atoms with E-state index in [9.17, 15) is 0 Å². The molecule has 0 unspecified atom stereocenters. The second-order valence-electron chi connectivity index (χ2n) is 6.63. The molecule has 0 aliphatic rings. The van der Waals surface area contributed by atoms with Crippen LogP contribution in [0.1, 0.15) is 11.1 Å². The van der Waals surface area contributed by atoms with Gasteiger partial charge in [-0.25, -0.2) is 0 Å². The lowest BCUT2D eigenvalue weighted by molar-refractivity contribution is 1.28. The molecule has 2 nitrogen and oxygen atoms in total. The molecule has 4 aromatic rings. The molecule has 0 N–H and O–H groups in total. The van der Waals surface area contributed by atoms with E-state index in [-0.39, 0.29) is 0 Å². The highest BCUT2D eigenvalue weighted by Gasteiger charge is 2.04. The van der Waals surface area contributed by atoms with Gasteiger partial charge in [0.1, 0.15) is 0 Å². The van der Waals surface area contributed by atoms with Crippen LogP contribution in [0.15, 0.2) is 85.3 Å². The topological polar surface area (TPSA) is 25.8 Å². The van der Waals surface area contributed by atoms with Gasteiger partial charge < -0.3 is 0 Å². The number of pyridine rings is 2. The Hall–Kier alpha value is -3.26. The van der Waals surface area contributed by atoms with E-state index in [0.717, 1.165) is 16.8 Å². The van der Waals surface area contributed by atoms with Gasteiger partial charge in [0.05, 0.1) is 5.69 Å². The average molecular weight is 336 g/mol. The molecule has 0 spiro atoms. The zero-order valence-electron chi connectivity index (χ0n) is 15.0. The number of hydrogen-bond acceptors (Lipinski definition) is 2. The average Bonchev–Trinajstić information content (AvgIpc) is 2.68. The smallest absolute Gasteiger partial charge is 0.0717 e. The Balaban J connectivity index is 1.61. The number of aromatic nitrogens is 2. The molecule has 0 fully saturated rings. The summed E-state index contributed by atoms with van der Waals surface area (Å²) in [5.74, 6) is 0. The number of rotatable bonds is 3. The van der Waals surface area contributed by atoms with Gasteiger partial charge >= 0.3 is 0 Å². The molecule has 2 heterocycles. The molecule has 2 heteroatoms. The molecule has 0 amide bonds. The summed E-state index contributed by atoms with van der Waals surface area (Å²) in [4.78, 5) is 8.74. The maximum absolute atomic E-state index is 4.59. The summed E-state index contributed by atoms with van der Waals surface area (Å²) in [6.45, 7) is 4.28. The van der Waals surface area contributed by atoms with Crippen LogP contribution < -0.4 is 0 Å². The highest BCUT2D eigenvalue weighted by Crippen LogP contribution is 2.27. The summed E-state index contributed by atoms with van der Waals surface area (Å²) in [6, 6.07) is 23.4. The lowest BCUT2D eigenvalue weighted by Gasteiger charge is -2.08. The van der Waals surface area contributed by atoms with Crippen molar-refractivity contribution in [3.63, 3.8) is 0 Å². The van der Waals surface area contributed by atoms with Gasteiger partial charge in [0.15, 0.2) is 0 Å². The van der Waals surface area contributed by atoms with Crippen LogP contribution in [0.25, 0.3) is 33.5 Å². The first-order chi connectivity index (χ1) is 12.7. The first-order valence-corrected chi connectivity index (χ1v) is 8.74. The number of aryl methyl sites for hydroxylation is 2. The van der Waals surface area contributed by atoms with Crippen molar-refractivity contribution in [3.8, 4) is 33.5 Å². The third kappa shape index (κ3) is 3.40. The Morgan fingerprint density at radius 3 is 1.81 bits per heavy atom. The molecule has 2 aromatic carbocycles. The van der Waals surface area contributed by atoms with E-state index in [1.807, 2.05) is 30.6 Å². The summed E-state index contributed by atoms with van der Waals surface area (Å²) in [7, 11) is 0. The Morgan fingerprint density at radius 2 is 1.23 bits per heavy atom. The fourth-order valence-electron chi connectivity index (χ4n) is 3.25. The maximum atomic E-state index is 4.59. The van der Waals surface area contributed by atoms with Crippen molar-refractivity contribution in [2.24, 2.45) is 0 Å². The molecule has 0 atom stereocenters. The lowest BCUT2D eigenvalue weighted by Crippen LogP contribution is -1.86. The fraction of sp³-hybridized carbons (Fsp3) is 0.0833. The van der Waals surface area contributed by atoms with E-state index in [1.54, 1.807) is 6.20 Å². The minimum absolute atomic E-state index is 0.939. The van der Waals surface area contributed by atoms with Crippen LogP contribution in [0, 0.1) is 13.8 Å². The summed E-state index contributed by atoms with van der Waals surface area (Å²) >= 11 is 0. The van der Waals surface area contributed by atoms with Crippen molar-refractivity contribution in [3.05, 3.63) is 96.4 Å². The Kier molecular flexibility index (Phi) is 4.32.